The molecule has 9 nitrogen and oxygen atoms in total. The Morgan fingerprint density at radius 3 is 2.65 bits per heavy atom. The van der Waals surface area contributed by atoms with Crippen LogP contribution in [0.4, 0.5) is 0 Å². The average molecular weight is 468 g/mol. The smallest absolute Gasteiger partial charge is 0.254 e. The Balaban J connectivity index is 1.35. The topological polar surface area (TPSA) is 80.8 Å². The van der Waals surface area contributed by atoms with Crippen molar-refractivity contribution in [3.8, 4) is 17.2 Å². The van der Waals surface area contributed by atoms with Gasteiger partial charge >= 0.3 is 0 Å². The molecule has 0 radical (unpaired) electrons. The molecule has 2 saturated heterocycles. The van der Waals surface area contributed by atoms with Gasteiger partial charge in [-0.2, -0.15) is 0 Å². The molecule has 9 heteroatoms. The Bertz CT molecular complexity index is 1050. The van der Waals surface area contributed by atoms with E-state index >= 15 is 0 Å². The number of ether oxygens (including phenoxy) is 4. The summed E-state index contributed by atoms with van der Waals surface area (Å²) in [5.41, 5.74) is 1.60. The fraction of sp³-hybridized carbons (Fsp3) is 0.440. The molecule has 0 N–H and O–H groups in total. The van der Waals surface area contributed by atoms with E-state index in [-0.39, 0.29) is 18.6 Å². The van der Waals surface area contributed by atoms with E-state index in [0.29, 0.717) is 63.8 Å². The first-order valence-electron chi connectivity index (χ1n) is 11.5. The highest BCUT2D eigenvalue weighted by molar-refractivity contribution is 5.98. The molecular weight excluding hydrogens is 438 g/mol. The summed E-state index contributed by atoms with van der Waals surface area (Å²) in [7, 11) is 1.57. The van der Waals surface area contributed by atoms with Gasteiger partial charge in [-0.15, -0.1) is 0 Å². The standard InChI is InChI=1S/C25H29N3O6/c1-31-20-4-2-3-19(14-20)24(29)28-8-7-26(15-18-5-6-22-23(13-18)34-17-33-22)16-21(28)25(30)27-9-11-32-12-10-27/h2-6,13-14,21H,7-12,15-17H2,1H3. The summed E-state index contributed by atoms with van der Waals surface area (Å²) in [4.78, 5) is 32.8. The summed E-state index contributed by atoms with van der Waals surface area (Å²) in [6, 6.07) is 12.4. The van der Waals surface area contributed by atoms with Crippen LogP contribution in [0.1, 0.15) is 15.9 Å². The van der Waals surface area contributed by atoms with Crippen molar-refractivity contribution in [1.29, 1.82) is 0 Å². The van der Waals surface area contributed by atoms with Crippen molar-refractivity contribution in [2.24, 2.45) is 0 Å². The van der Waals surface area contributed by atoms with Crippen LogP contribution >= 0.6 is 0 Å². The van der Waals surface area contributed by atoms with E-state index in [1.54, 1.807) is 36.3 Å². The highest BCUT2D eigenvalue weighted by Crippen LogP contribution is 2.33. The Morgan fingerprint density at radius 2 is 1.82 bits per heavy atom. The van der Waals surface area contributed by atoms with Crippen LogP contribution in [0, 0.1) is 0 Å². The first-order valence-corrected chi connectivity index (χ1v) is 11.5. The number of rotatable bonds is 5. The molecule has 3 heterocycles. The van der Waals surface area contributed by atoms with Crippen molar-refractivity contribution >= 4 is 11.8 Å². The fourth-order valence-corrected chi connectivity index (χ4v) is 4.65. The minimum atomic E-state index is -0.570. The number of benzene rings is 2. The van der Waals surface area contributed by atoms with E-state index in [1.807, 2.05) is 23.1 Å². The molecule has 2 fully saturated rings. The monoisotopic (exact) mass is 467 g/mol. The Kier molecular flexibility index (Phi) is 6.55. The normalized spacial score (nSPS) is 20.3. The zero-order valence-corrected chi connectivity index (χ0v) is 19.3. The fourth-order valence-electron chi connectivity index (χ4n) is 4.65. The summed E-state index contributed by atoms with van der Waals surface area (Å²) in [5.74, 6) is 1.91. The summed E-state index contributed by atoms with van der Waals surface area (Å²) in [6.45, 7) is 4.59. The van der Waals surface area contributed by atoms with Crippen molar-refractivity contribution in [1.82, 2.24) is 14.7 Å². The summed E-state index contributed by atoms with van der Waals surface area (Å²) in [5, 5.41) is 0. The van der Waals surface area contributed by atoms with Crippen molar-refractivity contribution in [3.05, 3.63) is 53.6 Å². The predicted octanol–water partition coefficient (Wildman–Crippen LogP) is 1.61. The molecule has 2 amide bonds. The van der Waals surface area contributed by atoms with Crippen LogP contribution in [0.15, 0.2) is 42.5 Å². The van der Waals surface area contributed by atoms with Gasteiger partial charge in [0.15, 0.2) is 11.5 Å². The van der Waals surface area contributed by atoms with Gasteiger partial charge in [-0.1, -0.05) is 12.1 Å². The summed E-state index contributed by atoms with van der Waals surface area (Å²) < 4.78 is 21.6. The van der Waals surface area contributed by atoms with Gasteiger partial charge in [0.1, 0.15) is 11.8 Å². The maximum Gasteiger partial charge on any atom is 0.254 e. The number of nitrogens with zero attached hydrogens (tertiary/aromatic N) is 3. The molecule has 2 aromatic carbocycles. The molecule has 0 aliphatic carbocycles. The zero-order valence-electron chi connectivity index (χ0n) is 19.3. The number of hydrogen-bond donors (Lipinski definition) is 0. The molecule has 1 atom stereocenters. The molecular formula is C25H29N3O6. The Labute approximate surface area is 198 Å². The molecule has 0 bridgehead atoms. The predicted molar refractivity (Wildman–Crippen MR) is 123 cm³/mol. The third kappa shape index (κ3) is 4.67. The van der Waals surface area contributed by atoms with E-state index in [0.717, 1.165) is 17.1 Å². The molecule has 180 valence electrons. The molecule has 2 aromatic rings. The second-order valence-corrected chi connectivity index (χ2v) is 8.61. The molecule has 0 spiro atoms. The number of fused-ring (bicyclic) bond motifs is 1. The van der Waals surface area contributed by atoms with E-state index in [9.17, 15) is 9.59 Å². The van der Waals surface area contributed by atoms with E-state index < -0.39 is 6.04 Å². The van der Waals surface area contributed by atoms with Gasteiger partial charge < -0.3 is 28.7 Å². The van der Waals surface area contributed by atoms with Crippen LogP contribution in [0.25, 0.3) is 0 Å². The number of hydrogen-bond acceptors (Lipinski definition) is 7. The minimum Gasteiger partial charge on any atom is -0.497 e. The second-order valence-electron chi connectivity index (χ2n) is 8.61. The Morgan fingerprint density at radius 1 is 1.00 bits per heavy atom. The summed E-state index contributed by atoms with van der Waals surface area (Å²) in [6.07, 6.45) is 0. The highest BCUT2D eigenvalue weighted by Gasteiger charge is 2.38. The summed E-state index contributed by atoms with van der Waals surface area (Å²) >= 11 is 0. The lowest BCUT2D eigenvalue weighted by atomic mass is 10.1. The average Bonchev–Trinajstić information content (AvgIpc) is 3.36. The second kappa shape index (κ2) is 9.90. The Hall–Kier alpha value is -3.30. The largest absolute Gasteiger partial charge is 0.497 e. The van der Waals surface area contributed by atoms with Gasteiger partial charge in [0, 0.05) is 44.8 Å². The van der Waals surface area contributed by atoms with Crippen LogP contribution in [0.2, 0.25) is 0 Å². The number of amides is 2. The first-order chi connectivity index (χ1) is 16.6. The molecule has 5 rings (SSSR count). The van der Waals surface area contributed by atoms with E-state index in [4.69, 9.17) is 18.9 Å². The molecule has 0 aromatic heterocycles. The van der Waals surface area contributed by atoms with Gasteiger partial charge in [0.05, 0.1) is 20.3 Å². The van der Waals surface area contributed by atoms with Crippen molar-refractivity contribution in [3.63, 3.8) is 0 Å². The van der Waals surface area contributed by atoms with E-state index in [2.05, 4.69) is 4.90 Å². The van der Waals surface area contributed by atoms with Gasteiger partial charge in [-0.25, -0.2) is 0 Å². The lowest BCUT2D eigenvalue weighted by molar-refractivity contribution is -0.142. The van der Waals surface area contributed by atoms with Crippen LogP contribution in [0.3, 0.4) is 0 Å². The molecule has 34 heavy (non-hydrogen) atoms. The maximum absolute atomic E-state index is 13.6. The lowest BCUT2D eigenvalue weighted by Crippen LogP contribution is -2.61. The number of morpholine rings is 1. The van der Waals surface area contributed by atoms with Crippen LogP contribution in [-0.4, -0.2) is 92.4 Å². The number of piperazine rings is 1. The molecule has 0 saturated carbocycles. The SMILES string of the molecule is COc1cccc(C(=O)N2CCN(Cc3ccc4c(c3)OCO4)CC2C(=O)N2CCOCC2)c1. The van der Waals surface area contributed by atoms with E-state index in [1.165, 1.54) is 0 Å². The van der Waals surface area contributed by atoms with Crippen molar-refractivity contribution in [2.45, 2.75) is 12.6 Å². The molecule has 3 aliphatic rings. The third-order valence-electron chi connectivity index (χ3n) is 6.49. The number of carbonyl (C=O) groups excluding carboxylic acids is 2. The van der Waals surface area contributed by atoms with Gasteiger partial charge in [0.2, 0.25) is 12.7 Å². The number of carbonyl (C=O) groups is 2. The lowest BCUT2D eigenvalue weighted by Gasteiger charge is -2.43. The maximum atomic E-state index is 13.6. The quantitative estimate of drug-likeness (QED) is 0.661. The highest BCUT2D eigenvalue weighted by atomic mass is 16.7. The van der Waals surface area contributed by atoms with Gasteiger partial charge in [-0.3, -0.25) is 14.5 Å². The van der Waals surface area contributed by atoms with Gasteiger partial charge in [-0.05, 0) is 35.9 Å². The molecule has 3 aliphatic heterocycles. The van der Waals surface area contributed by atoms with Crippen LogP contribution in [-0.2, 0) is 16.1 Å². The minimum absolute atomic E-state index is 0.0325. The van der Waals surface area contributed by atoms with Crippen LogP contribution < -0.4 is 14.2 Å². The van der Waals surface area contributed by atoms with Crippen molar-refractivity contribution < 1.29 is 28.5 Å². The third-order valence-corrected chi connectivity index (χ3v) is 6.49. The zero-order chi connectivity index (χ0) is 23.5. The van der Waals surface area contributed by atoms with Crippen LogP contribution in [0.5, 0.6) is 17.2 Å². The first kappa shape index (κ1) is 22.5. The van der Waals surface area contributed by atoms with Crippen molar-refractivity contribution in [2.75, 3.05) is 59.8 Å². The van der Waals surface area contributed by atoms with Gasteiger partial charge in [0.25, 0.3) is 5.91 Å². The molecule has 1 unspecified atom stereocenters. The number of methoxy groups -OCH3 is 1.